The van der Waals surface area contributed by atoms with E-state index in [1.165, 1.54) is 31.4 Å². The van der Waals surface area contributed by atoms with Crippen molar-refractivity contribution in [1.29, 1.82) is 0 Å². The topological polar surface area (TPSA) is 62.7 Å². The van der Waals surface area contributed by atoms with Crippen molar-refractivity contribution >= 4 is 17.8 Å². The SMILES string of the molecule is CCCCCCOc1ccc(C=NNC(=O)CNc2ccc(F)cc2)cc1. The van der Waals surface area contributed by atoms with Gasteiger partial charge in [0.2, 0.25) is 0 Å². The number of nitrogens with one attached hydrogen (secondary N) is 2. The highest BCUT2D eigenvalue weighted by Gasteiger charge is 2.00. The molecule has 0 fully saturated rings. The number of anilines is 1. The summed E-state index contributed by atoms with van der Waals surface area (Å²) in [5, 5.41) is 6.82. The van der Waals surface area contributed by atoms with Crippen molar-refractivity contribution in [2.45, 2.75) is 32.6 Å². The van der Waals surface area contributed by atoms with E-state index in [1.807, 2.05) is 24.3 Å². The number of hydrogen-bond acceptors (Lipinski definition) is 4. The average Bonchev–Trinajstić information content (AvgIpc) is 2.68. The number of halogens is 1. The fourth-order valence-corrected chi connectivity index (χ4v) is 2.34. The van der Waals surface area contributed by atoms with E-state index in [4.69, 9.17) is 4.74 Å². The fraction of sp³-hybridized carbons (Fsp3) is 0.333. The molecule has 6 heteroatoms. The lowest BCUT2D eigenvalue weighted by atomic mass is 10.2. The van der Waals surface area contributed by atoms with E-state index in [0.29, 0.717) is 5.69 Å². The lowest BCUT2D eigenvalue weighted by Gasteiger charge is -2.06. The molecule has 144 valence electrons. The van der Waals surface area contributed by atoms with E-state index in [0.717, 1.165) is 24.3 Å². The smallest absolute Gasteiger partial charge is 0.259 e. The highest BCUT2D eigenvalue weighted by molar-refractivity contribution is 5.84. The third-order valence-electron chi connectivity index (χ3n) is 3.85. The monoisotopic (exact) mass is 371 g/mol. The molecule has 2 aromatic rings. The van der Waals surface area contributed by atoms with Gasteiger partial charge in [-0.1, -0.05) is 26.2 Å². The summed E-state index contributed by atoms with van der Waals surface area (Å²) >= 11 is 0. The van der Waals surface area contributed by atoms with Crippen LogP contribution in [0.2, 0.25) is 0 Å². The first-order chi connectivity index (χ1) is 13.2. The third-order valence-corrected chi connectivity index (χ3v) is 3.85. The van der Waals surface area contributed by atoms with Gasteiger partial charge < -0.3 is 10.1 Å². The molecular formula is C21H26FN3O2. The molecular weight excluding hydrogens is 345 g/mol. The zero-order valence-corrected chi connectivity index (χ0v) is 15.6. The van der Waals surface area contributed by atoms with E-state index in [-0.39, 0.29) is 18.3 Å². The minimum atomic E-state index is -0.317. The van der Waals surface area contributed by atoms with Crippen molar-refractivity contribution < 1.29 is 13.9 Å². The van der Waals surface area contributed by atoms with Crippen molar-refractivity contribution in [3.63, 3.8) is 0 Å². The minimum Gasteiger partial charge on any atom is -0.494 e. The lowest BCUT2D eigenvalue weighted by molar-refractivity contribution is -0.119. The highest BCUT2D eigenvalue weighted by Crippen LogP contribution is 2.12. The molecule has 2 aromatic carbocycles. The van der Waals surface area contributed by atoms with Crippen molar-refractivity contribution in [2.24, 2.45) is 5.10 Å². The third kappa shape index (κ3) is 8.35. The van der Waals surface area contributed by atoms with Gasteiger partial charge in [-0.25, -0.2) is 9.82 Å². The summed E-state index contributed by atoms with van der Waals surface area (Å²) in [6.45, 7) is 2.96. The summed E-state index contributed by atoms with van der Waals surface area (Å²) in [5.41, 5.74) is 3.97. The number of carbonyl (C=O) groups is 1. The number of carbonyl (C=O) groups excluding carboxylic acids is 1. The van der Waals surface area contributed by atoms with Gasteiger partial charge in [0.05, 0.1) is 19.4 Å². The van der Waals surface area contributed by atoms with Crippen molar-refractivity contribution in [1.82, 2.24) is 5.43 Å². The van der Waals surface area contributed by atoms with E-state index < -0.39 is 0 Å². The molecule has 1 amide bonds. The van der Waals surface area contributed by atoms with Gasteiger partial charge in [-0.2, -0.15) is 5.10 Å². The van der Waals surface area contributed by atoms with Crippen LogP contribution in [-0.4, -0.2) is 25.3 Å². The maximum atomic E-state index is 12.8. The van der Waals surface area contributed by atoms with Crippen LogP contribution in [0.4, 0.5) is 10.1 Å². The summed E-state index contributed by atoms with van der Waals surface area (Å²) in [6.07, 6.45) is 6.28. The van der Waals surface area contributed by atoms with Gasteiger partial charge in [0, 0.05) is 5.69 Å². The molecule has 0 radical (unpaired) electrons. The van der Waals surface area contributed by atoms with Crippen molar-refractivity contribution in [2.75, 3.05) is 18.5 Å². The quantitative estimate of drug-likeness (QED) is 0.351. The molecule has 2 N–H and O–H groups in total. The molecule has 0 aliphatic carbocycles. The van der Waals surface area contributed by atoms with Gasteiger partial charge in [0.15, 0.2) is 0 Å². The zero-order chi connectivity index (χ0) is 19.3. The molecule has 27 heavy (non-hydrogen) atoms. The predicted octanol–water partition coefficient (Wildman–Crippen LogP) is 4.35. The second-order valence-corrected chi connectivity index (χ2v) is 6.13. The van der Waals surface area contributed by atoms with Gasteiger partial charge in [0.1, 0.15) is 11.6 Å². The Bertz CT molecular complexity index is 715. The molecule has 0 aliphatic rings. The number of benzene rings is 2. The first-order valence-electron chi connectivity index (χ1n) is 9.21. The van der Waals surface area contributed by atoms with Crippen LogP contribution >= 0.6 is 0 Å². The second kappa shape index (κ2) is 11.7. The average molecular weight is 371 g/mol. The fourth-order valence-electron chi connectivity index (χ4n) is 2.34. The number of unbranched alkanes of at least 4 members (excludes halogenated alkanes) is 3. The molecule has 0 aliphatic heterocycles. The minimum absolute atomic E-state index is 0.0494. The Hall–Kier alpha value is -2.89. The standard InChI is InChI=1S/C21H26FN3O2/c1-2-3-4-5-14-27-20-12-6-17(7-13-20)15-24-25-21(26)16-23-19-10-8-18(22)9-11-19/h6-13,15,23H,2-5,14,16H2,1H3,(H,25,26). The summed E-state index contributed by atoms with van der Waals surface area (Å²) < 4.78 is 18.5. The van der Waals surface area contributed by atoms with Gasteiger partial charge in [-0.15, -0.1) is 0 Å². The van der Waals surface area contributed by atoms with Crippen LogP contribution in [0.25, 0.3) is 0 Å². The van der Waals surface area contributed by atoms with Crippen LogP contribution in [0.1, 0.15) is 38.2 Å². The summed E-state index contributed by atoms with van der Waals surface area (Å²) in [7, 11) is 0. The van der Waals surface area contributed by atoms with Crippen LogP contribution in [-0.2, 0) is 4.79 Å². The van der Waals surface area contributed by atoms with Gasteiger partial charge in [-0.05, 0) is 60.5 Å². The molecule has 0 bridgehead atoms. The van der Waals surface area contributed by atoms with Gasteiger partial charge >= 0.3 is 0 Å². The normalized spacial score (nSPS) is 10.7. The molecule has 0 saturated heterocycles. The van der Waals surface area contributed by atoms with Crippen molar-refractivity contribution in [3.05, 3.63) is 59.9 Å². The molecule has 0 spiro atoms. The van der Waals surface area contributed by atoms with E-state index in [1.54, 1.807) is 18.3 Å². The molecule has 2 rings (SSSR count). The van der Waals surface area contributed by atoms with Crippen LogP contribution in [0.5, 0.6) is 5.75 Å². The maximum Gasteiger partial charge on any atom is 0.259 e. The first kappa shape index (κ1) is 20.4. The number of amides is 1. The number of ether oxygens (including phenoxy) is 1. The van der Waals surface area contributed by atoms with Crippen LogP contribution in [0.15, 0.2) is 53.6 Å². The number of hydrazone groups is 1. The Balaban J connectivity index is 1.67. The highest BCUT2D eigenvalue weighted by atomic mass is 19.1. The number of hydrogen-bond donors (Lipinski definition) is 2. The van der Waals surface area contributed by atoms with Crippen LogP contribution < -0.4 is 15.5 Å². The zero-order valence-electron chi connectivity index (χ0n) is 15.6. The maximum absolute atomic E-state index is 12.8. The Kier molecular flexibility index (Phi) is 8.83. The van der Waals surface area contributed by atoms with Gasteiger partial charge in [-0.3, -0.25) is 4.79 Å². The Morgan fingerprint density at radius 1 is 1.07 bits per heavy atom. The van der Waals surface area contributed by atoms with E-state index in [9.17, 15) is 9.18 Å². The molecule has 0 unspecified atom stereocenters. The largest absolute Gasteiger partial charge is 0.494 e. The number of rotatable bonds is 11. The molecule has 5 nitrogen and oxygen atoms in total. The van der Waals surface area contributed by atoms with Gasteiger partial charge in [0.25, 0.3) is 5.91 Å². The number of nitrogens with zero attached hydrogens (tertiary/aromatic N) is 1. The Morgan fingerprint density at radius 2 is 1.81 bits per heavy atom. The molecule has 0 saturated carbocycles. The summed E-state index contributed by atoms with van der Waals surface area (Å²) in [4.78, 5) is 11.7. The first-order valence-corrected chi connectivity index (χ1v) is 9.21. The lowest BCUT2D eigenvalue weighted by Crippen LogP contribution is -2.25. The van der Waals surface area contributed by atoms with Crippen LogP contribution in [0.3, 0.4) is 0 Å². The summed E-state index contributed by atoms with van der Waals surface area (Å²) in [6, 6.07) is 13.3. The van der Waals surface area contributed by atoms with Crippen molar-refractivity contribution in [3.8, 4) is 5.75 Å². The predicted molar refractivity (Wildman–Crippen MR) is 107 cm³/mol. The Morgan fingerprint density at radius 3 is 2.52 bits per heavy atom. The Labute approximate surface area is 159 Å². The van der Waals surface area contributed by atoms with E-state index in [2.05, 4.69) is 22.8 Å². The molecule has 0 aromatic heterocycles. The van der Waals surface area contributed by atoms with Crippen LogP contribution in [0, 0.1) is 5.82 Å². The molecule has 0 atom stereocenters. The second-order valence-electron chi connectivity index (χ2n) is 6.13. The molecule has 0 heterocycles. The summed E-state index contributed by atoms with van der Waals surface area (Å²) in [5.74, 6) is 0.223. The van der Waals surface area contributed by atoms with E-state index >= 15 is 0 Å².